The Hall–Kier alpha value is -10.3. The zero-order valence-electron chi connectivity index (χ0n) is 61.1. The van der Waals surface area contributed by atoms with Crippen molar-refractivity contribution < 1.29 is 87.5 Å². The summed E-state index contributed by atoms with van der Waals surface area (Å²) >= 11 is 2.70. The molecule has 2 saturated heterocycles. The topological polar surface area (TPSA) is 490 Å². The first-order chi connectivity index (χ1) is 51.2. The lowest BCUT2D eigenvalue weighted by Gasteiger charge is -2.38. The molecule has 9 rings (SSSR count). The van der Waals surface area contributed by atoms with Gasteiger partial charge in [0.1, 0.15) is 77.1 Å². The number of pyridine rings is 1. The van der Waals surface area contributed by atoms with E-state index in [1.165, 1.54) is 104 Å². The fourth-order valence-corrected chi connectivity index (χ4v) is 14.7. The van der Waals surface area contributed by atoms with Gasteiger partial charge in [0, 0.05) is 79.4 Å². The van der Waals surface area contributed by atoms with Crippen LogP contribution in [0, 0.1) is 5.41 Å². The summed E-state index contributed by atoms with van der Waals surface area (Å²) in [6, 6.07) is 8.74. The monoisotopic (exact) mass is 1530 g/mol. The summed E-state index contributed by atoms with van der Waals surface area (Å²) < 4.78 is 6.03. The van der Waals surface area contributed by atoms with E-state index in [2.05, 4.69) is 63.1 Å². The molecular weight excluding hydrogens is 1440 g/mol. The molecule has 13 atom stereocenters. The number of hydrogen-bond acceptors (Lipinski definition) is 20. The number of morpholine rings is 1. The molecule has 32 nitrogen and oxygen atoms in total. The van der Waals surface area contributed by atoms with Crippen LogP contribution in [0.1, 0.15) is 121 Å². The predicted molar refractivity (Wildman–Crippen MR) is 398 cm³/mol. The average molecular weight is 1530 g/mol. The molecule has 2 aromatic heterocycles. The number of primary amides is 1. The van der Waals surface area contributed by atoms with Crippen molar-refractivity contribution in [2.45, 2.75) is 203 Å². The van der Waals surface area contributed by atoms with E-state index in [-0.39, 0.29) is 75.2 Å². The Labute approximate surface area is 632 Å². The van der Waals surface area contributed by atoms with Gasteiger partial charge in [-0.05, 0) is 116 Å². The number of carboxylic acid groups (broad SMARTS) is 1. The minimum atomic E-state index is -1.77. The fourth-order valence-electron chi connectivity index (χ4n) is 12.8. The smallest absolute Gasteiger partial charge is 0.303 e. The maximum absolute atomic E-state index is 15.2. The molecule has 4 bridgehead atoms. The van der Waals surface area contributed by atoms with Crippen LogP contribution >= 0.6 is 23.5 Å². The number of phenols is 2. The highest BCUT2D eigenvalue weighted by Crippen LogP contribution is 2.32. The summed E-state index contributed by atoms with van der Waals surface area (Å²) in [6.45, 7) is 10.9. The SMILES string of the molecule is CCC[C@@H]1NC(=O)[C@H](Cc2c[nH]c3ncccc23)NC(=O)[C@H]2NC(=O)[C@@H](NC(=O)[C@H](Cc3ccc(O)cc3)NC(=O)C(C(C)(C)C)NC(=O)CCSCc3cccc(c3)CSC[C@@H](C(N)=O)NC(=O)[C@H]([C@@H](C)O)NC(=O)[C@]3(C)CCCN3C(=O)[C@H](Cc3ccc(O)cc3)NC(=O)[C@H](CCC(=O)O)NC1=O)O[C@@H]2C. The first kappa shape index (κ1) is 83.3. The number of ether oxygens (including phenoxy) is 1. The second-order valence-corrected chi connectivity index (χ2v) is 30.6. The van der Waals surface area contributed by atoms with E-state index in [9.17, 15) is 78.0 Å². The molecule has 6 heterocycles. The first-order valence-corrected chi connectivity index (χ1v) is 37.9. The third-order valence-electron chi connectivity index (χ3n) is 18.8. The van der Waals surface area contributed by atoms with Gasteiger partial charge in [-0.15, -0.1) is 0 Å². The lowest BCUT2D eigenvalue weighted by Crippen LogP contribution is -2.67. The number of rotatable bonds is 13. The predicted octanol–water partition coefficient (Wildman–Crippen LogP) is 0.755. The van der Waals surface area contributed by atoms with Crippen molar-refractivity contribution >= 4 is 111 Å². The molecule has 3 aromatic carbocycles. The maximum atomic E-state index is 15.2. The Bertz CT molecular complexity index is 4100. The van der Waals surface area contributed by atoms with E-state index >= 15 is 4.79 Å². The van der Waals surface area contributed by atoms with Gasteiger partial charge < -0.3 is 93.9 Å². The number of carboxylic acids is 1. The fraction of sp³-hybridized carbons (Fsp3) is 0.486. The third-order valence-corrected chi connectivity index (χ3v) is 21.0. The second kappa shape index (κ2) is 38.0. The minimum absolute atomic E-state index is 0.0123. The van der Waals surface area contributed by atoms with E-state index in [1.807, 2.05) is 24.3 Å². The Morgan fingerprint density at radius 2 is 1.25 bits per heavy atom. The molecule has 108 heavy (non-hydrogen) atoms. The molecule has 4 aliphatic heterocycles. The van der Waals surface area contributed by atoms with Crippen molar-refractivity contribution in [3.8, 4) is 11.5 Å². The van der Waals surface area contributed by atoms with Gasteiger partial charge in [-0.1, -0.05) is 82.6 Å². The number of thioether (sulfide) groups is 2. The molecule has 34 heteroatoms. The Morgan fingerprint density at radius 3 is 1.86 bits per heavy atom. The minimum Gasteiger partial charge on any atom is -0.508 e. The molecule has 5 aromatic rings. The summed E-state index contributed by atoms with van der Waals surface area (Å²) in [5, 5.41) is 68.2. The van der Waals surface area contributed by atoms with Crippen molar-refractivity contribution in [3.05, 3.63) is 125 Å². The first-order valence-electron chi connectivity index (χ1n) is 35.6. The van der Waals surface area contributed by atoms with Crippen LogP contribution in [0.15, 0.2) is 97.3 Å². The molecule has 0 radical (unpaired) electrons. The third kappa shape index (κ3) is 22.9. The number of aromatic nitrogens is 2. The summed E-state index contributed by atoms with van der Waals surface area (Å²) in [5.41, 5.74) is 6.60. The highest BCUT2D eigenvalue weighted by Gasteiger charge is 2.50. The van der Waals surface area contributed by atoms with Crippen LogP contribution in [0.5, 0.6) is 11.5 Å². The quantitative estimate of drug-likeness (QED) is 0.0723. The van der Waals surface area contributed by atoms with E-state index in [1.54, 1.807) is 46.0 Å². The van der Waals surface area contributed by atoms with Gasteiger partial charge in [0.15, 0.2) is 0 Å². The summed E-state index contributed by atoms with van der Waals surface area (Å²) in [4.78, 5) is 194. The highest BCUT2D eigenvalue weighted by atomic mass is 32.2. The molecule has 2 fully saturated rings. The number of aromatic hydroxyl groups is 2. The Kier molecular flexibility index (Phi) is 29.3. The summed E-state index contributed by atoms with van der Waals surface area (Å²) in [5.74, 6) is -11.2. The Balaban J connectivity index is 1.10. The van der Waals surface area contributed by atoms with E-state index in [0.717, 1.165) is 11.1 Å². The molecule has 582 valence electrons. The van der Waals surface area contributed by atoms with Crippen LogP contribution in [-0.4, -0.2) is 209 Å². The number of amides is 12. The van der Waals surface area contributed by atoms with Crippen molar-refractivity contribution in [2.75, 3.05) is 18.1 Å². The number of benzene rings is 3. The number of nitrogens with zero attached hydrogens (tertiary/aromatic N) is 2. The van der Waals surface area contributed by atoms with E-state index < -0.39 is 173 Å². The number of nitrogens with two attached hydrogens (primary N) is 1. The van der Waals surface area contributed by atoms with Gasteiger partial charge in [-0.3, -0.25) is 62.3 Å². The number of hydrogen-bond donors (Lipinski definition) is 16. The molecular formula is C74H96N14O18S2. The van der Waals surface area contributed by atoms with Crippen LogP contribution in [-0.2, 0) is 97.8 Å². The van der Waals surface area contributed by atoms with Crippen molar-refractivity contribution in [1.29, 1.82) is 0 Å². The van der Waals surface area contributed by atoms with Crippen LogP contribution in [0.2, 0.25) is 0 Å². The lowest BCUT2D eigenvalue weighted by molar-refractivity contribution is -0.160. The number of aromatic amines is 1. The van der Waals surface area contributed by atoms with Crippen LogP contribution in [0.3, 0.4) is 0 Å². The number of aliphatic carboxylic acids is 1. The molecule has 0 saturated carbocycles. The molecule has 0 spiro atoms. The molecule has 12 amide bonds. The number of nitrogens with one attached hydrogen (secondary N) is 11. The van der Waals surface area contributed by atoms with Crippen molar-refractivity contribution in [2.24, 2.45) is 11.1 Å². The molecule has 1 unspecified atom stereocenters. The van der Waals surface area contributed by atoms with Crippen LogP contribution in [0.25, 0.3) is 11.0 Å². The number of phenolic OH excluding ortho intramolecular Hbond substituents is 2. The van der Waals surface area contributed by atoms with Gasteiger partial charge in [-0.2, -0.15) is 23.5 Å². The van der Waals surface area contributed by atoms with Crippen LogP contribution in [0.4, 0.5) is 0 Å². The van der Waals surface area contributed by atoms with E-state index in [0.29, 0.717) is 45.0 Å². The van der Waals surface area contributed by atoms with Gasteiger partial charge >= 0.3 is 5.97 Å². The van der Waals surface area contributed by atoms with Gasteiger partial charge in [-0.25, -0.2) is 4.98 Å². The normalized spacial score (nSPS) is 26.1. The highest BCUT2D eigenvalue weighted by molar-refractivity contribution is 7.98. The summed E-state index contributed by atoms with van der Waals surface area (Å²) in [6.07, 6.45) is -3.13. The van der Waals surface area contributed by atoms with Gasteiger partial charge in [0.2, 0.25) is 71.2 Å². The number of H-pyrrole nitrogens is 1. The van der Waals surface area contributed by atoms with E-state index in [4.69, 9.17) is 10.5 Å². The molecule has 0 aliphatic carbocycles. The van der Waals surface area contributed by atoms with Crippen molar-refractivity contribution in [3.63, 3.8) is 0 Å². The van der Waals surface area contributed by atoms with Crippen LogP contribution < -0.4 is 58.9 Å². The summed E-state index contributed by atoms with van der Waals surface area (Å²) in [7, 11) is 0. The number of carbonyl (C=O) groups excluding carboxylic acids is 12. The maximum Gasteiger partial charge on any atom is 0.303 e. The number of carbonyl (C=O) groups is 13. The number of fused-ring (bicyclic) bond motifs is 34. The number of aliphatic hydroxyl groups is 1. The molecule has 17 N–H and O–H groups in total. The largest absolute Gasteiger partial charge is 0.508 e. The second-order valence-electron chi connectivity index (χ2n) is 28.4. The molecule has 4 aliphatic rings. The van der Waals surface area contributed by atoms with Crippen molar-refractivity contribution in [1.82, 2.24) is 68.0 Å². The Morgan fingerprint density at radius 1 is 0.676 bits per heavy atom. The zero-order chi connectivity index (χ0) is 78.7. The zero-order valence-corrected chi connectivity index (χ0v) is 62.7. The van der Waals surface area contributed by atoms with Gasteiger partial charge in [0.05, 0.1) is 12.2 Å². The number of aliphatic hydroxyl groups excluding tert-OH is 1. The lowest BCUT2D eigenvalue weighted by atomic mass is 9.85. The average Bonchev–Trinajstić information content (AvgIpc) is 1.58. The van der Waals surface area contributed by atoms with Gasteiger partial charge in [0.25, 0.3) is 5.91 Å². The standard InChI is InChI=1S/C74H96N14O18S2/c1-8-12-49-62(96)79-50(24-25-56(93)94)63(97)82-53(33-42-18-22-47(91)23-19-42)71(104)88-29-11-27-74(88,7)72(105)86-57(39(2)89)66(100)83-54(60(75)95)38-108-37-44-14-9-13-43(31-44)36-107-30-26-55(92)84-59(73(4,5)6)68(102)81-51(32-41-16-20-46(90)21-17-41)65(99)87-70-69(103)85-58(40(3)106-70)67(101)80-52(64(98)78-49)34-45-35-77-61-48(45)15-10-28-76-61/h9-10,13-23,28,31,35,39-40,49-54,57-59,70,89-91H,8,11-12,24-27,29-30,32-34,36-38H2,1-7H3,(H2,75,95)(H,76,77)(H,78,98)(H,79,96)(H,80,101)(H,81,102)(H,82,97)(H,83,100)(H,84,92)(H,85,103)(H,86,105)(H,87,99)(H,93,94)/t39-,40-,49+,50+,51+,52+,53+,54+,57+,58+,59?,70+,74+/m1/s1.